The highest BCUT2D eigenvalue weighted by molar-refractivity contribution is 5.87. The van der Waals surface area contributed by atoms with E-state index in [0.717, 1.165) is 5.57 Å². The van der Waals surface area contributed by atoms with E-state index in [-0.39, 0.29) is 11.8 Å². The van der Waals surface area contributed by atoms with Crippen molar-refractivity contribution >= 4 is 5.91 Å². The van der Waals surface area contributed by atoms with E-state index in [2.05, 4.69) is 5.32 Å². The molecule has 1 rings (SSSR count). The molecular formula is C23H29NO3. The first-order valence-corrected chi connectivity index (χ1v) is 9.01. The van der Waals surface area contributed by atoms with Gasteiger partial charge in [0, 0.05) is 12.6 Å². The van der Waals surface area contributed by atoms with Crippen molar-refractivity contribution in [1.29, 1.82) is 0 Å². The quantitative estimate of drug-likeness (QED) is 0.615. The van der Waals surface area contributed by atoms with E-state index in [0.29, 0.717) is 6.54 Å². The molecule has 144 valence electrons. The van der Waals surface area contributed by atoms with Crippen LogP contribution in [0, 0.1) is 5.92 Å². The van der Waals surface area contributed by atoms with Gasteiger partial charge in [-0.1, -0.05) is 97.6 Å². The number of rotatable bonds is 0. The van der Waals surface area contributed by atoms with Crippen LogP contribution in [0.3, 0.4) is 0 Å². The third-order valence-electron chi connectivity index (χ3n) is 3.63. The minimum atomic E-state index is -1.00. The van der Waals surface area contributed by atoms with E-state index < -0.39 is 12.2 Å². The molecule has 1 amide bonds. The van der Waals surface area contributed by atoms with Gasteiger partial charge in [-0.3, -0.25) is 4.79 Å². The average molecular weight is 367 g/mol. The van der Waals surface area contributed by atoms with E-state index in [1.54, 1.807) is 36.5 Å². The molecule has 0 aromatic carbocycles. The van der Waals surface area contributed by atoms with Crippen molar-refractivity contribution in [3.8, 4) is 0 Å². The van der Waals surface area contributed by atoms with Crippen molar-refractivity contribution in [1.82, 2.24) is 5.32 Å². The fraction of sp³-hybridized carbons (Fsp3) is 0.261. The second-order valence-corrected chi connectivity index (χ2v) is 6.26. The summed E-state index contributed by atoms with van der Waals surface area (Å²) in [6.07, 6.45) is 24.5. The number of nitrogens with one attached hydrogen (secondary N) is 1. The third-order valence-corrected chi connectivity index (χ3v) is 3.63. The molecule has 27 heavy (non-hydrogen) atoms. The van der Waals surface area contributed by atoms with Gasteiger partial charge in [0.15, 0.2) is 0 Å². The fourth-order valence-electron chi connectivity index (χ4n) is 2.09. The van der Waals surface area contributed by atoms with Gasteiger partial charge >= 0.3 is 0 Å². The second-order valence-electron chi connectivity index (χ2n) is 6.26. The Labute approximate surface area is 162 Å². The fourth-order valence-corrected chi connectivity index (χ4v) is 2.09. The summed E-state index contributed by atoms with van der Waals surface area (Å²) in [5, 5.41) is 22.8. The Morgan fingerprint density at radius 2 is 1.37 bits per heavy atom. The summed E-state index contributed by atoms with van der Waals surface area (Å²) >= 11 is 0. The lowest BCUT2D eigenvalue weighted by Gasteiger charge is -2.10. The number of aliphatic hydroxyl groups excluding tert-OH is 2. The Morgan fingerprint density at radius 3 is 2.04 bits per heavy atom. The highest BCUT2D eigenvalue weighted by Gasteiger charge is 2.09. The van der Waals surface area contributed by atoms with Crippen molar-refractivity contribution in [2.45, 2.75) is 26.1 Å². The smallest absolute Gasteiger partial charge is 0.243 e. The SMILES string of the molecule is CC1=C/[C@H](O)[C@H](O)\C=C/C=C\C=C/C=C\C=C/[C@H](C)CNC(=O)/C=C/C=C\1. The van der Waals surface area contributed by atoms with Crippen LogP contribution in [-0.4, -0.2) is 34.9 Å². The molecule has 0 aromatic rings. The maximum atomic E-state index is 11.8. The van der Waals surface area contributed by atoms with Gasteiger partial charge in [-0.25, -0.2) is 0 Å². The molecular weight excluding hydrogens is 338 g/mol. The van der Waals surface area contributed by atoms with Gasteiger partial charge < -0.3 is 15.5 Å². The zero-order valence-corrected chi connectivity index (χ0v) is 15.9. The number of amides is 1. The van der Waals surface area contributed by atoms with Crippen LogP contribution in [0.25, 0.3) is 0 Å². The lowest BCUT2D eigenvalue weighted by Crippen LogP contribution is -2.25. The molecule has 3 N–H and O–H groups in total. The van der Waals surface area contributed by atoms with Crippen LogP contribution in [-0.2, 0) is 4.79 Å². The Balaban J connectivity index is 2.87. The molecule has 0 fully saturated rings. The van der Waals surface area contributed by atoms with Crippen molar-refractivity contribution < 1.29 is 15.0 Å². The van der Waals surface area contributed by atoms with Crippen LogP contribution < -0.4 is 5.32 Å². The molecule has 0 bridgehead atoms. The Bertz CT molecular complexity index is 690. The largest absolute Gasteiger partial charge is 0.386 e. The minimum absolute atomic E-state index is 0.158. The highest BCUT2D eigenvalue weighted by Crippen LogP contribution is 2.04. The van der Waals surface area contributed by atoms with Crippen LogP contribution in [0.15, 0.2) is 96.7 Å². The summed E-state index contributed by atoms with van der Waals surface area (Å²) in [5.74, 6) is 0.0713. The van der Waals surface area contributed by atoms with Gasteiger partial charge in [0.1, 0.15) is 12.2 Å². The molecule has 3 atom stereocenters. The maximum absolute atomic E-state index is 11.8. The topological polar surface area (TPSA) is 69.6 Å². The Kier molecular flexibility index (Phi) is 11.2. The first-order valence-electron chi connectivity index (χ1n) is 9.01. The number of hydrogen-bond donors (Lipinski definition) is 3. The van der Waals surface area contributed by atoms with Crippen LogP contribution >= 0.6 is 0 Å². The predicted molar refractivity (Wildman–Crippen MR) is 112 cm³/mol. The van der Waals surface area contributed by atoms with E-state index >= 15 is 0 Å². The van der Waals surface area contributed by atoms with E-state index in [4.69, 9.17) is 0 Å². The second kappa shape index (κ2) is 13.5. The van der Waals surface area contributed by atoms with Crippen LogP contribution in [0.4, 0.5) is 0 Å². The van der Waals surface area contributed by atoms with E-state index in [1.807, 2.05) is 56.4 Å². The van der Waals surface area contributed by atoms with Crippen LogP contribution in [0.5, 0.6) is 0 Å². The van der Waals surface area contributed by atoms with E-state index in [9.17, 15) is 15.0 Å². The number of aliphatic hydroxyl groups is 2. The third kappa shape index (κ3) is 11.5. The van der Waals surface area contributed by atoms with Crippen LogP contribution in [0.2, 0.25) is 0 Å². The van der Waals surface area contributed by atoms with Crippen molar-refractivity contribution in [2.24, 2.45) is 5.92 Å². The lowest BCUT2D eigenvalue weighted by atomic mass is 10.1. The Hall–Kier alpha value is -2.69. The van der Waals surface area contributed by atoms with Crippen molar-refractivity contribution in [2.75, 3.05) is 6.54 Å². The van der Waals surface area contributed by atoms with Gasteiger partial charge in [-0.2, -0.15) is 0 Å². The molecule has 0 radical (unpaired) electrons. The summed E-state index contributed by atoms with van der Waals surface area (Å²) in [7, 11) is 0. The number of carbonyl (C=O) groups is 1. The first kappa shape index (κ1) is 22.4. The molecule has 1 aliphatic heterocycles. The predicted octanol–water partition coefficient (Wildman–Crippen LogP) is 3.31. The van der Waals surface area contributed by atoms with Gasteiger partial charge in [-0.15, -0.1) is 0 Å². The summed E-state index contributed by atoms with van der Waals surface area (Å²) in [4.78, 5) is 11.8. The molecule has 0 unspecified atom stereocenters. The van der Waals surface area contributed by atoms with Gasteiger partial charge in [-0.05, 0) is 12.8 Å². The van der Waals surface area contributed by atoms with Gasteiger partial charge in [0.25, 0.3) is 0 Å². The molecule has 4 heteroatoms. The van der Waals surface area contributed by atoms with Crippen molar-refractivity contribution in [3.05, 3.63) is 96.7 Å². The molecule has 0 aromatic heterocycles. The molecule has 1 aliphatic rings. The minimum Gasteiger partial charge on any atom is -0.386 e. The summed E-state index contributed by atoms with van der Waals surface area (Å²) < 4.78 is 0. The van der Waals surface area contributed by atoms with Gasteiger partial charge in [0.2, 0.25) is 5.91 Å². The zero-order chi connectivity index (χ0) is 19.9. The number of carbonyl (C=O) groups excluding carboxylic acids is 1. The molecule has 0 aliphatic carbocycles. The monoisotopic (exact) mass is 367 g/mol. The molecule has 1 heterocycles. The molecule has 4 nitrogen and oxygen atoms in total. The standard InChI is InChI=1S/C23H29NO3/c1-19-13-11-12-16-23(27)24-18-20(2)14-9-7-5-3-4-6-8-10-15-21(25)22(26)17-19/h3-17,20-22,25-26H,18H2,1-2H3,(H,24,27)/b4-3-,7-5-,8-6-,13-11-,14-9-,15-10-,16-12+,19-17-/t20-,21+,22-/m0/s1. The summed E-state index contributed by atoms with van der Waals surface area (Å²) in [5.41, 5.74) is 0.783. The number of hydrogen-bond acceptors (Lipinski definition) is 3. The maximum Gasteiger partial charge on any atom is 0.243 e. The molecule has 0 spiro atoms. The van der Waals surface area contributed by atoms with Crippen molar-refractivity contribution in [3.63, 3.8) is 0 Å². The summed E-state index contributed by atoms with van der Waals surface area (Å²) in [6, 6.07) is 0. The highest BCUT2D eigenvalue weighted by atomic mass is 16.3. The average Bonchev–Trinajstić information content (AvgIpc) is 2.64. The van der Waals surface area contributed by atoms with Crippen LogP contribution in [0.1, 0.15) is 13.8 Å². The number of allylic oxidation sites excluding steroid dienone is 12. The first-order chi connectivity index (χ1) is 13.0. The van der Waals surface area contributed by atoms with Gasteiger partial charge in [0.05, 0.1) is 0 Å². The molecule has 0 saturated carbocycles. The zero-order valence-electron chi connectivity index (χ0n) is 15.9. The Morgan fingerprint density at radius 1 is 0.815 bits per heavy atom. The normalized spacial score (nSPS) is 35.8. The summed E-state index contributed by atoms with van der Waals surface area (Å²) in [6.45, 7) is 4.41. The molecule has 0 saturated heterocycles. The van der Waals surface area contributed by atoms with E-state index in [1.165, 1.54) is 12.2 Å². The lowest BCUT2D eigenvalue weighted by molar-refractivity contribution is -0.116.